The van der Waals surface area contributed by atoms with Crippen LogP contribution in [0.15, 0.2) is 18.2 Å². The summed E-state index contributed by atoms with van der Waals surface area (Å²) in [7, 11) is 0. The highest BCUT2D eigenvalue weighted by atomic mass is 19.1. The van der Waals surface area contributed by atoms with Gasteiger partial charge in [-0.15, -0.1) is 0 Å². The second-order valence-electron chi connectivity index (χ2n) is 6.05. The highest BCUT2D eigenvalue weighted by Gasteiger charge is 2.14. The fourth-order valence-electron chi connectivity index (χ4n) is 2.48. The van der Waals surface area contributed by atoms with Gasteiger partial charge in [-0.3, -0.25) is 0 Å². The van der Waals surface area contributed by atoms with Gasteiger partial charge >= 0.3 is 0 Å². The molecule has 1 rings (SSSR count). The molecule has 0 aliphatic carbocycles. The number of nitrogens with two attached hydrogens (primary N) is 1. The van der Waals surface area contributed by atoms with Crippen LogP contribution < -0.4 is 5.73 Å². The molecule has 1 aromatic rings. The first-order valence-corrected chi connectivity index (χ1v) is 8.25. The second kappa shape index (κ2) is 9.16. The van der Waals surface area contributed by atoms with Crippen molar-refractivity contribution in [3.05, 3.63) is 35.1 Å². The molecular formula is C18H31FN2. The first-order valence-electron chi connectivity index (χ1n) is 8.25. The molecule has 0 bridgehead atoms. The van der Waals surface area contributed by atoms with E-state index in [1.807, 2.05) is 12.1 Å². The van der Waals surface area contributed by atoms with Crippen molar-refractivity contribution in [2.24, 2.45) is 5.73 Å². The van der Waals surface area contributed by atoms with Crippen molar-refractivity contribution in [3.8, 4) is 0 Å². The van der Waals surface area contributed by atoms with E-state index < -0.39 is 0 Å². The number of hydrogen-bond donors (Lipinski definition) is 1. The van der Waals surface area contributed by atoms with Crippen molar-refractivity contribution in [3.63, 3.8) is 0 Å². The van der Waals surface area contributed by atoms with E-state index in [4.69, 9.17) is 5.73 Å². The van der Waals surface area contributed by atoms with Crippen LogP contribution in [0.4, 0.5) is 4.39 Å². The predicted molar refractivity (Wildman–Crippen MR) is 88.9 cm³/mol. The van der Waals surface area contributed by atoms with Crippen LogP contribution >= 0.6 is 0 Å². The monoisotopic (exact) mass is 294 g/mol. The minimum atomic E-state index is -0.160. The van der Waals surface area contributed by atoms with E-state index in [0.29, 0.717) is 11.6 Å². The molecule has 120 valence electrons. The number of nitrogens with zero attached hydrogens (tertiary/aromatic N) is 1. The molecule has 1 aromatic carbocycles. The summed E-state index contributed by atoms with van der Waals surface area (Å²) in [4.78, 5) is 2.51. The number of hydrogen-bond acceptors (Lipinski definition) is 2. The number of benzene rings is 1. The van der Waals surface area contributed by atoms with Crippen molar-refractivity contribution in [2.45, 2.75) is 65.5 Å². The molecule has 0 spiro atoms. The summed E-state index contributed by atoms with van der Waals surface area (Å²) in [6.45, 7) is 10.6. The molecule has 0 saturated carbocycles. The first-order chi connectivity index (χ1) is 9.99. The molecule has 0 aromatic heterocycles. The minimum absolute atomic E-state index is 0.0896. The third-order valence-corrected chi connectivity index (χ3v) is 4.36. The Morgan fingerprint density at radius 3 is 2.52 bits per heavy atom. The summed E-state index contributed by atoms with van der Waals surface area (Å²) >= 11 is 0. The normalized spacial score (nSPS) is 14.4. The Balaban J connectivity index is 2.59. The van der Waals surface area contributed by atoms with Gasteiger partial charge in [-0.05, 0) is 56.8 Å². The first kappa shape index (κ1) is 18.1. The Morgan fingerprint density at radius 2 is 1.95 bits per heavy atom. The van der Waals surface area contributed by atoms with Crippen molar-refractivity contribution >= 4 is 0 Å². The molecule has 0 amide bonds. The lowest BCUT2D eigenvalue weighted by atomic mass is 10.0. The van der Waals surface area contributed by atoms with E-state index in [2.05, 4.69) is 25.7 Å². The molecule has 2 nitrogen and oxygen atoms in total. The van der Waals surface area contributed by atoms with Gasteiger partial charge in [-0.2, -0.15) is 0 Å². The Bertz CT molecular complexity index is 420. The fraction of sp³-hybridized carbons (Fsp3) is 0.667. The zero-order valence-electron chi connectivity index (χ0n) is 14.0. The largest absolute Gasteiger partial charge is 0.324 e. The Morgan fingerprint density at radius 1 is 1.24 bits per heavy atom. The lowest BCUT2D eigenvalue weighted by Gasteiger charge is -2.29. The van der Waals surface area contributed by atoms with Gasteiger partial charge in [0, 0.05) is 18.6 Å². The van der Waals surface area contributed by atoms with E-state index in [0.717, 1.165) is 31.5 Å². The van der Waals surface area contributed by atoms with Crippen LogP contribution in [0.2, 0.25) is 0 Å². The standard InChI is InChI=1S/C18H31FN2/c1-5-7-11-21(15(4)6-2)12-10-18(20)16-9-8-14(3)17(19)13-16/h8-9,13,15,18H,5-7,10-12,20H2,1-4H3. The molecule has 3 heteroatoms. The van der Waals surface area contributed by atoms with E-state index in [-0.39, 0.29) is 11.9 Å². The second-order valence-corrected chi connectivity index (χ2v) is 6.05. The van der Waals surface area contributed by atoms with Crippen LogP contribution in [0.3, 0.4) is 0 Å². The highest BCUT2D eigenvalue weighted by molar-refractivity contribution is 5.25. The van der Waals surface area contributed by atoms with Crippen LogP contribution in [0, 0.1) is 12.7 Å². The summed E-state index contributed by atoms with van der Waals surface area (Å²) in [5, 5.41) is 0. The fourth-order valence-corrected chi connectivity index (χ4v) is 2.48. The molecule has 0 aliphatic heterocycles. The summed E-state index contributed by atoms with van der Waals surface area (Å²) in [5.74, 6) is -0.160. The van der Waals surface area contributed by atoms with E-state index in [1.165, 1.54) is 12.8 Å². The molecule has 2 N–H and O–H groups in total. The van der Waals surface area contributed by atoms with Crippen molar-refractivity contribution in [1.29, 1.82) is 0 Å². The molecule has 0 saturated heterocycles. The van der Waals surface area contributed by atoms with Gasteiger partial charge in [-0.1, -0.05) is 32.4 Å². The van der Waals surface area contributed by atoms with Crippen LogP contribution in [0.5, 0.6) is 0 Å². The van der Waals surface area contributed by atoms with Gasteiger partial charge in [0.2, 0.25) is 0 Å². The quantitative estimate of drug-likeness (QED) is 0.730. The summed E-state index contributed by atoms with van der Waals surface area (Å²) < 4.78 is 13.6. The van der Waals surface area contributed by atoms with Gasteiger partial charge in [0.15, 0.2) is 0 Å². The predicted octanol–water partition coefficient (Wildman–Crippen LogP) is 4.42. The SMILES string of the molecule is CCCCN(CCC(N)c1ccc(C)c(F)c1)C(C)CC. The Hall–Kier alpha value is -0.930. The summed E-state index contributed by atoms with van der Waals surface area (Å²) in [6, 6.07) is 5.84. The maximum Gasteiger partial charge on any atom is 0.126 e. The van der Waals surface area contributed by atoms with Crippen LogP contribution in [0.25, 0.3) is 0 Å². The van der Waals surface area contributed by atoms with Crippen LogP contribution in [-0.4, -0.2) is 24.0 Å². The lowest BCUT2D eigenvalue weighted by molar-refractivity contribution is 0.194. The van der Waals surface area contributed by atoms with E-state index in [9.17, 15) is 4.39 Å². The maximum atomic E-state index is 13.6. The summed E-state index contributed by atoms with van der Waals surface area (Å²) in [6.07, 6.45) is 4.45. The average molecular weight is 294 g/mol. The van der Waals surface area contributed by atoms with Crippen LogP contribution in [0.1, 0.15) is 63.6 Å². The number of unbranched alkanes of at least 4 members (excludes halogenated alkanes) is 1. The van der Waals surface area contributed by atoms with Gasteiger partial charge in [0.1, 0.15) is 5.82 Å². The minimum Gasteiger partial charge on any atom is -0.324 e. The van der Waals surface area contributed by atoms with E-state index >= 15 is 0 Å². The number of rotatable bonds is 9. The molecule has 0 aliphatic rings. The highest BCUT2D eigenvalue weighted by Crippen LogP contribution is 2.19. The zero-order chi connectivity index (χ0) is 15.8. The third-order valence-electron chi connectivity index (χ3n) is 4.36. The van der Waals surface area contributed by atoms with Gasteiger partial charge < -0.3 is 10.6 Å². The van der Waals surface area contributed by atoms with Crippen molar-refractivity contribution in [1.82, 2.24) is 4.90 Å². The van der Waals surface area contributed by atoms with Gasteiger partial charge in [0.25, 0.3) is 0 Å². The van der Waals surface area contributed by atoms with Gasteiger partial charge in [-0.25, -0.2) is 4.39 Å². The maximum absolute atomic E-state index is 13.6. The molecule has 2 unspecified atom stereocenters. The van der Waals surface area contributed by atoms with Crippen LogP contribution in [-0.2, 0) is 0 Å². The van der Waals surface area contributed by atoms with Crippen molar-refractivity contribution in [2.75, 3.05) is 13.1 Å². The average Bonchev–Trinajstić information content (AvgIpc) is 2.49. The summed E-state index contributed by atoms with van der Waals surface area (Å²) in [5.41, 5.74) is 7.82. The number of aryl methyl sites for hydroxylation is 1. The smallest absolute Gasteiger partial charge is 0.126 e. The third kappa shape index (κ3) is 5.76. The Kier molecular flexibility index (Phi) is 7.91. The molecule has 0 radical (unpaired) electrons. The zero-order valence-corrected chi connectivity index (χ0v) is 14.0. The van der Waals surface area contributed by atoms with Crippen molar-refractivity contribution < 1.29 is 4.39 Å². The molecule has 0 heterocycles. The topological polar surface area (TPSA) is 29.3 Å². The molecule has 2 atom stereocenters. The Labute approximate surface area is 129 Å². The lowest BCUT2D eigenvalue weighted by Crippen LogP contribution is -2.35. The molecule has 21 heavy (non-hydrogen) atoms. The van der Waals surface area contributed by atoms with Gasteiger partial charge in [0.05, 0.1) is 0 Å². The number of halogens is 1. The van der Waals surface area contributed by atoms with E-state index in [1.54, 1.807) is 13.0 Å². The molecule has 0 fully saturated rings. The molecular weight excluding hydrogens is 263 g/mol.